The highest BCUT2D eigenvalue weighted by atomic mass is 16.5. The third-order valence-electron chi connectivity index (χ3n) is 3.90. The van der Waals surface area contributed by atoms with E-state index in [1.54, 1.807) is 0 Å². The number of esters is 1. The number of rotatable bonds is 1. The molecule has 0 unspecified atom stereocenters. The molecule has 2 aromatic carbocycles. The monoisotopic (exact) mass is 263 g/mol. The largest absolute Gasteiger partial charge is 0.449 e. The molecule has 0 N–H and O–H groups in total. The van der Waals surface area contributed by atoms with Crippen LogP contribution in [0.2, 0.25) is 0 Å². The SMILES string of the molecule is Cn1cc([C@@H]2OC(=O)c3ccccc32)c2ccccc21. The van der Waals surface area contributed by atoms with Gasteiger partial charge in [-0.2, -0.15) is 0 Å². The summed E-state index contributed by atoms with van der Waals surface area (Å²) in [5, 5.41) is 1.13. The number of fused-ring (bicyclic) bond motifs is 2. The molecule has 3 heteroatoms. The number of cyclic esters (lactones) is 1. The Morgan fingerprint density at radius 3 is 2.65 bits per heavy atom. The fourth-order valence-electron chi connectivity index (χ4n) is 2.96. The lowest BCUT2D eigenvalue weighted by molar-refractivity contribution is 0.0458. The number of ether oxygens (including phenoxy) is 1. The van der Waals surface area contributed by atoms with Crippen molar-refractivity contribution in [3.63, 3.8) is 0 Å². The summed E-state index contributed by atoms with van der Waals surface area (Å²) in [5.41, 5.74) is 3.81. The first-order valence-corrected chi connectivity index (χ1v) is 6.59. The lowest BCUT2D eigenvalue weighted by Crippen LogP contribution is -2.00. The Hall–Kier alpha value is -2.55. The molecular weight excluding hydrogens is 250 g/mol. The smallest absolute Gasteiger partial charge is 0.339 e. The average molecular weight is 263 g/mol. The number of nitrogens with zero attached hydrogens (tertiary/aromatic N) is 1. The topological polar surface area (TPSA) is 31.2 Å². The molecule has 0 saturated heterocycles. The van der Waals surface area contributed by atoms with Crippen molar-refractivity contribution in [2.45, 2.75) is 6.10 Å². The third kappa shape index (κ3) is 1.43. The van der Waals surface area contributed by atoms with Crippen LogP contribution in [0.5, 0.6) is 0 Å². The Bertz CT molecular complexity index is 832. The van der Waals surface area contributed by atoms with Crippen LogP contribution in [0.15, 0.2) is 54.7 Å². The van der Waals surface area contributed by atoms with E-state index in [-0.39, 0.29) is 12.1 Å². The molecule has 2 heterocycles. The first-order chi connectivity index (χ1) is 9.75. The minimum Gasteiger partial charge on any atom is -0.449 e. The number of hydrogen-bond donors (Lipinski definition) is 0. The lowest BCUT2D eigenvalue weighted by atomic mass is 9.99. The summed E-state index contributed by atoms with van der Waals surface area (Å²) in [7, 11) is 2.01. The van der Waals surface area contributed by atoms with Gasteiger partial charge in [0.15, 0.2) is 6.10 Å². The van der Waals surface area contributed by atoms with Crippen LogP contribution in [0.25, 0.3) is 10.9 Å². The highest BCUT2D eigenvalue weighted by Crippen LogP contribution is 2.39. The van der Waals surface area contributed by atoms with E-state index < -0.39 is 0 Å². The number of aromatic nitrogens is 1. The average Bonchev–Trinajstić information content (AvgIpc) is 2.99. The summed E-state index contributed by atoms with van der Waals surface area (Å²) in [6, 6.07) is 15.8. The molecule has 1 aromatic heterocycles. The highest BCUT2D eigenvalue weighted by Gasteiger charge is 2.33. The van der Waals surface area contributed by atoms with Crippen LogP contribution >= 0.6 is 0 Å². The maximum absolute atomic E-state index is 12.0. The standard InChI is InChI=1S/C17H13NO2/c1-18-10-14(11-6-4-5-9-15(11)18)16-12-7-2-3-8-13(12)17(19)20-16/h2-10,16H,1H3/t16-/m1/s1. The summed E-state index contributed by atoms with van der Waals surface area (Å²) in [6.07, 6.45) is 1.75. The van der Waals surface area contributed by atoms with Crippen molar-refractivity contribution >= 4 is 16.9 Å². The van der Waals surface area contributed by atoms with E-state index >= 15 is 0 Å². The molecule has 3 nitrogen and oxygen atoms in total. The molecule has 0 saturated carbocycles. The molecular formula is C17H13NO2. The number of aryl methyl sites for hydroxylation is 1. The fraction of sp³-hybridized carbons (Fsp3) is 0.118. The van der Waals surface area contributed by atoms with E-state index in [2.05, 4.69) is 16.7 Å². The maximum atomic E-state index is 12.0. The first kappa shape index (κ1) is 11.3. The summed E-state index contributed by atoms with van der Waals surface area (Å²) in [4.78, 5) is 12.0. The van der Waals surface area contributed by atoms with Crippen LogP contribution in [0.3, 0.4) is 0 Å². The second-order valence-electron chi connectivity index (χ2n) is 5.09. The van der Waals surface area contributed by atoms with E-state index in [1.165, 1.54) is 0 Å². The molecule has 0 radical (unpaired) electrons. The van der Waals surface area contributed by atoms with Crippen LogP contribution in [-0.2, 0) is 11.8 Å². The number of carbonyl (C=O) groups is 1. The molecule has 0 amide bonds. The summed E-state index contributed by atoms with van der Waals surface area (Å²) in [6.45, 7) is 0. The van der Waals surface area contributed by atoms with Crippen molar-refractivity contribution in [1.82, 2.24) is 4.57 Å². The molecule has 1 aliphatic heterocycles. The Kier molecular flexibility index (Phi) is 2.24. The van der Waals surface area contributed by atoms with Crippen molar-refractivity contribution < 1.29 is 9.53 Å². The van der Waals surface area contributed by atoms with Gasteiger partial charge in [0, 0.05) is 35.3 Å². The van der Waals surface area contributed by atoms with Crippen molar-refractivity contribution in [1.29, 1.82) is 0 Å². The Balaban J connectivity index is 1.96. The van der Waals surface area contributed by atoms with Crippen molar-refractivity contribution in [2.24, 2.45) is 7.05 Å². The van der Waals surface area contributed by atoms with Gasteiger partial charge in [0.05, 0.1) is 5.56 Å². The minimum absolute atomic E-state index is 0.237. The molecule has 4 rings (SSSR count). The van der Waals surface area contributed by atoms with Crippen molar-refractivity contribution in [3.8, 4) is 0 Å². The van der Waals surface area contributed by atoms with Crippen molar-refractivity contribution in [3.05, 3.63) is 71.4 Å². The number of para-hydroxylation sites is 1. The van der Waals surface area contributed by atoms with Gasteiger partial charge in [-0.15, -0.1) is 0 Å². The van der Waals surface area contributed by atoms with Gasteiger partial charge in [-0.25, -0.2) is 4.79 Å². The molecule has 0 fully saturated rings. The molecule has 0 aliphatic carbocycles. The maximum Gasteiger partial charge on any atom is 0.339 e. The first-order valence-electron chi connectivity index (χ1n) is 6.59. The zero-order chi connectivity index (χ0) is 13.7. The summed E-state index contributed by atoms with van der Waals surface area (Å²) >= 11 is 0. The zero-order valence-corrected chi connectivity index (χ0v) is 11.0. The van der Waals surface area contributed by atoms with E-state index in [9.17, 15) is 4.79 Å². The van der Waals surface area contributed by atoms with Crippen LogP contribution in [0, 0.1) is 0 Å². The van der Waals surface area contributed by atoms with E-state index in [4.69, 9.17) is 4.74 Å². The molecule has 20 heavy (non-hydrogen) atoms. The van der Waals surface area contributed by atoms with Crippen LogP contribution in [-0.4, -0.2) is 10.5 Å². The highest BCUT2D eigenvalue weighted by molar-refractivity contribution is 5.96. The fourth-order valence-corrected chi connectivity index (χ4v) is 2.96. The Morgan fingerprint density at radius 1 is 1.00 bits per heavy atom. The number of benzene rings is 2. The molecule has 1 atom stereocenters. The summed E-state index contributed by atoms with van der Waals surface area (Å²) in [5.74, 6) is -0.237. The van der Waals surface area contributed by atoms with Gasteiger partial charge in [0.2, 0.25) is 0 Å². The van der Waals surface area contributed by atoms with E-state index in [0.717, 1.165) is 22.0 Å². The molecule has 0 bridgehead atoms. The quantitative estimate of drug-likeness (QED) is 0.630. The zero-order valence-electron chi connectivity index (χ0n) is 11.0. The van der Waals surface area contributed by atoms with Gasteiger partial charge < -0.3 is 9.30 Å². The predicted molar refractivity (Wildman–Crippen MR) is 76.6 cm³/mol. The Morgan fingerprint density at radius 2 is 1.75 bits per heavy atom. The lowest BCUT2D eigenvalue weighted by Gasteiger charge is -2.09. The van der Waals surface area contributed by atoms with Gasteiger partial charge in [-0.1, -0.05) is 36.4 Å². The third-order valence-corrected chi connectivity index (χ3v) is 3.90. The van der Waals surface area contributed by atoms with Crippen LogP contribution < -0.4 is 0 Å². The second kappa shape index (κ2) is 3.97. The number of hydrogen-bond acceptors (Lipinski definition) is 2. The number of carbonyl (C=O) groups excluding carboxylic acids is 1. The second-order valence-corrected chi connectivity index (χ2v) is 5.09. The van der Waals surface area contributed by atoms with Gasteiger partial charge in [0.1, 0.15) is 0 Å². The van der Waals surface area contributed by atoms with Crippen molar-refractivity contribution in [2.75, 3.05) is 0 Å². The van der Waals surface area contributed by atoms with E-state index in [0.29, 0.717) is 5.56 Å². The van der Waals surface area contributed by atoms with E-state index in [1.807, 2.05) is 49.6 Å². The van der Waals surface area contributed by atoms with Gasteiger partial charge in [-0.3, -0.25) is 0 Å². The van der Waals surface area contributed by atoms with Gasteiger partial charge >= 0.3 is 5.97 Å². The molecule has 3 aromatic rings. The Labute approximate surface area is 116 Å². The predicted octanol–water partition coefficient (Wildman–Crippen LogP) is 3.44. The normalized spacial score (nSPS) is 17.2. The minimum atomic E-state index is -0.301. The van der Waals surface area contributed by atoms with Crippen LogP contribution in [0.4, 0.5) is 0 Å². The summed E-state index contributed by atoms with van der Waals surface area (Å²) < 4.78 is 7.66. The molecule has 1 aliphatic rings. The molecule has 98 valence electrons. The van der Waals surface area contributed by atoms with Crippen LogP contribution in [0.1, 0.15) is 27.6 Å². The molecule has 0 spiro atoms. The van der Waals surface area contributed by atoms with Gasteiger partial charge in [0.25, 0.3) is 0 Å². The van der Waals surface area contributed by atoms with Gasteiger partial charge in [-0.05, 0) is 12.1 Å².